The zero-order valence-corrected chi connectivity index (χ0v) is 14.4. The summed E-state index contributed by atoms with van der Waals surface area (Å²) in [5.74, 6) is -0.986. The number of cyclic esters (lactones) is 1. The Morgan fingerprint density at radius 3 is 2.67 bits per heavy atom. The fourth-order valence-electron chi connectivity index (χ4n) is 3.96. The quantitative estimate of drug-likeness (QED) is 0.502. The van der Waals surface area contributed by atoms with Crippen molar-refractivity contribution in [2.75, 3.05) is 5.73 Å². The summed E-state index contributed by atoms with van der Waals surface area (Å²) >= 11 is 0. The van der Waals surface area contributed by atoms with Crippen LogP contribution in [0.25, 0.3) is 0 Å². The van der Waals surface area contributed by atoms with E-state index < -0.39 is 5.97 Å². The minimum atomic E-state index is -0.757. The maximum atomic E-state index is 12.0. The Morgan fingerprint density at radius 1 is 1.29 bits per heavy atom. The van der Waals surface area contributed by atoms with E-state index in [2.05, 4.69) is 0 Å². The van der Waals surface area contributed by atoms with E-state index in [9.17, 15) is 9.59 Å². The van der Waals surface area contributed by atoms with Gasteiger partial charge in [0.2, 0.25) is 0 Å². The Labute approximate surface area is 141 Å². The molecule has 0 radical (unpaired) electrons. The lowest BCUT2D eigenvalue weighted by molar-refractivity contribution is -0.137. The van der Waals surface area contributed by atoms with Crippen LogP contribution in [0, 0.1) is 19.8 Å². The number of rotatable bonds is 4. The summed E-state index contributed by atoms with van der Waals surface area (Å²) < 4.78 is 5.15. The summed E-state index contributed by atoms with van der Waals surface area (Å²) in [6, 6.07) is 0. The van der Waals surface area contributed by atoms with Crippen molar-refractivity contribution in [3.05, 3.63) is 39.0 Å². The minimum Gasteiger partial charge on any atom is -0.481 e. The van der Waals surface area contributed by atoms with E-state index in [0.29, 0.717) is 24.3 Å². The number of hydrogen-bond acceptors (Lipinski definition) is 4. The third kappa shape index (κ3) is 2.58. The molecule has 0 aromatic heterocycles. The lowest BCUT2D eigenvalue weighted by Gasteiger charge is -2.17. The van der Waals surface area contributed by atoms with Crippen LogP contribution in [0.4, 0.5) is 5.69 Å². The predicted octanol–water partition coefficient (Wildman–Crippen LogP) is 3.30. The lowest BCUT2D eigenvalue weighted by atomic mass is 9.88. The normalized spacial score (nSPS) is 19.6. The molecule has 3 N–H and O–H groups in total. The third-order valence-electron chi connectivity index (χ3n) is 5.69. The molecular formula is C19H23NO4. The summed E-state index contributed by atoms with van der Waals surface area (Å²) in [6.07, 6.45) is 2.63. The molecule has 5 nitrogen and oxygen atoms in total. The number of carboxylic acids is 1. The van der Waals surface area contributed by atoms with Crippen molar-refractivity contribution >= 4 is 17.6 Å². The van der Waals surface area contributed by atoms with Gasteiger partial charge in [-0.05, 0) is 62.6 Å². The number of aliphatic carboxylic acids is 1. The highest BCUT2D eigenvalue weighted by Gasteiger charge is 2.31. The van der Waals surface area contributed by atoms with Crippen LogP contribution in [-0.4, -0.2) is 17.0 Å². The molecule has 1 aromatic carbocycles. The van der Waals surface area contributed by atoms with Crippen LogP contribution >= 0.6 is 0 Å². The maximum absolute atomic E-state index is 12.0. The van der Waals surface area contributed by atoms with Crippen molar-refractivity contribution in [1.29, 1.82) is 0 Å². The molecule has 5 heteroatoms. The molecule has 24 heavy (non-hydrogen) atoms. The zero-order valence-electron chi connectivity index (χ0n) is 14.4. The molecule has 0 saturated carbocycles. The summed E-state index contributed by atoms with van der Waals surface area (Å²) in [5, 5.41) is 9.03. The lowest BCUT2D eigenvalue weighted by Crippen LogP contribution is -2.09. The van der Waals surface area contributed by atoms with Crippen LogP contribution in [0.1, 0.15) is 58.8 Å². The summed E-state index contributed by atoms with van der Waals surface area (Å²) in [7, 11) is 0. The Hall–Kier alpha value is -2.30. The largest absolute Gasteiger partial charge is 0.481 e. The fourth-order valence-corrected chi connectivity index (χ4v) is 3.96. The number of esters is 1. The molecule has 1 atom stereocenters. The van der Waals surface area contributed by atoms with Crippen LogP contribution < -0.4 is 5.73 Å². The standard InChI is InChI=1S/C19H23NO4/c1-9-10(2)15-8-24-19(23)17(15)18(20)14(9)6-12-4-5-13(11(12)3)7-16(21)22/h13H,4-8,20H2,1-3H3,(H,21,22)/t13-/m0/s1. The highest BCUT2D eigenvalue weighted by atomic mass is 16.5. The predicted molar refractivity (Wildman–Crippen MR) is 90.8 cm³/mol. The molecule has 128 valence electrons. The van der Waals surface area contributed by atoms with Gasteiger partial charge in [-0.25, -0.2) is 4.79 Å². The first-order valence-electron chi connectivity index (χ1n) is 8.29. The van der Waals surface area contributed by atoms with Gasteiger partial charge in [0.25, 0.3) is 0 Å². The number of benzene rings is 1. The molecular weight excluding hydrogens is 306 g/mol. The number of carbonyl (C=O) groups is 2. The number of carbonyl (C=O) groups excluding carboxylic acids is 1. The number of nitrogens with two attached hydrogens (primary N) is 1. The van der Waals surface area contributed by atoms with Gasteiger partial charge in [0.1, 0.15) is 6.61 Å². The Kier molecular flexibility index (Phi) is 4.11. The van der Waals surface area contributed by atoms with E-state index in [1.807, 2.05) is 20.8 Å². The van der Waals surface area contributed by atoms with E-state index in [1.54, 1.807) is 0 Å². The first-order chi connectivity index (χ1) is 11.3. The Bertz CT molecular complexity index is 776. The van der Waals surface area contributed by atoms with Crippen molar-refractivity contribution < 1.29 is 19.4 Å². The molecule has 1 aliphatic carbocycles. The number of ether oxygens (including phenoxy) is 1. The second-order valence-corrected chi connectivity index (χ2v) is 6.87. The number of allylic oxidation sites excluding steroid dienone is 2. The molecule has 2 aliphatic rings. The van der Waals surface area contributed by atoms with E-state index in [4.69, 9.17) is 15.6 Å². The molecule has 0 bridgehead atoms. The summed E-state index contributed by atoms with van der Waals surface area (Å²) in [4.78, 5) is 23.0. The van der Waals surface area contributed by atoms with Crippen molar-refractivity contribution in [1.82, 2.24) is 0 Å². The van der Waals surface area contributed by atoms with Crippen molar-refractivity contribution in [3.63, 3.8) is 0 Å². The highest BCUT2D eigenvalue weighted by molar-refractivity contribution is 6.00. The second-order valence-electron chi connectivity index (χ2n) is 6.87. The minimum absolute atomic E-state index is 0.111. The Balaban J connectivity index is 1.99. The summed E-state index contributed by atoms with van der Waals surface area (Å²) in [5.41, 5.74) is 13.8. The highest BCUT2D eigenvalue weighted by Crippen LogP contribution is 2.40. The molecule has 1 heterocycles. The van der Waals surface area contributed by atoms with Gasteiger partial charge >= 0.3 is 11.9 Å². The van der Waals surface area contributed by atoms with E-state index in [0.717, 1.165) is 40.7 Å². The van der Waals surface area contributed by atoms with Crippen molar-refractivity contribution in [2.45, 2.75) is 53.1 Å². The van der Waals surface area contributed by atoms with Gasteiger partial charge in [-0.2, -0.15) is 0 Å². The molecule has 0 saturated heterocycles. The van der Waals surface area contributed by atoms with Crippen LogP contribution in [-0.2, 0) is 22.6 Å². The van der Waals surface area contributed by atoms with E-state index in [1.165, 1.54) is 5.57 Å². The molecule has 0 amide bonds. The maximum Gasteiger partial charge on any atom is 0.341 e. The molecule has 0 fully saturated rings. The van der Waals surface area contributed by atoms with Gasteiger partial charge in [-0.15, -0.1) is 0 Å². The number of fused-ring (bicyclic) bond motifs is 1. The average Bonchev–Trinajstić information content (AvgIpc) is 3.06. The third-order valence-corrected chi connectivity index (χ3v) is 5.69. The second kappa shape index (κ2) is 5.96. The number of nitrogen functional groups attached to an aromatic ring is 1. The molecule has 0 unspecified atom stereocenters. The molecule has 3 rings (SSSR count). The number of carboxylic acid groups (broad SMARTS) is 1. The average molecular weight is 329 g/mol. The van der Waals surface area contributed by atoms with Gasteiger partial charge in [0.15, 0.2) is 0 Å². The fraction of sp³-hybridized carbons (Fsp3) is 0.474. The number of hydrogen-bond donors (Lipinski definition) is 2. The van der Waals surface area contributed by atoms with Crippen molar-refractivity contribution in [2.24, 2.45) is 5.92 Å². The van der Waals surface area contributed by atoms with Gasteiger partial charge in [-0.3, -0.25) is 4.79 Å². The summed E-state index contributed by atoms with van der Waals surface area (Å²) in [6.45, 7) is 6.36. The monoisotopic (exact) mass is 329 g/mol. The van der Waals surface area contributed by atoms with Gasteiger partial charge in [-0.1, -0.05) is 11.1 Å². The van der Waals surface area contributed by atoms with Gasteiger partial charge in [0, 0.05) is 5.56 Å². The van der Waals surface area contributed by atoms with E-state index >= 15 is 0 Å². The molecule has 1 aliphatic heterocycles. The molecule has 0 spiro atoms. The first-order valence-corrected chi connectivity index (χ1v) is 8.29. The smallest absolute Gasteiger partial charge is 0.341 e. The van der Waals surface area contributed by atoms with E-state index in [-0.39, 0.29) is 18.3 Å². The topological polar surface area (TPSA) is 89.6 Å². The Morgan fingerprint density at radius 2 is 2.00 bits per heavy atom. The SMILES string of the molecule is CC1=C(Cc2c(C)c(C)c3c(c2N)C(=O)OC3)CC[C@H]1CC(=O)O. The first kappa shape index (κ1) is 16.6. The van der Waals surface area contributed by atoms with Crippen molar-refractivity contribution in [3.8, 4) is 0 Å². The number of anilines is 1. The molecule has 1 aromatic rings. The van der Waals surface area contributed by atoms with Gasteiger partial charge in [0.05, 0.1) is 17.7 Å². The zero-order chi connectivity index (χ0) is 17.6. The van der Waals surface area contributed by atoms with Crippen LogP contribution in [0.3, 0.4) is 0 Å². The van der Waals surface area contributed by atoms with Crippen LogP contribution in [0.15, 0.2) is 11.1 Å². The van der Waals surface area contributed by atoms with Crippen LogP contribution in [0.5, 0.6) is 0 Å². The van der Waals surface area contributed by atoms with Crippen LogP contribution in [0.2, 0.25) is 0 Å². The van der Waals surface area contributed by atoms with Gasteiger partial charge < -0.3 is 15.6 Å².